The molecule has 0 aliphatic carbocycles. The van der Waals surface area contributed by atoms with E-state index in [2.05, 4.69) is 36.5 Å². The number of ether oxygens (including phenoxy) is 1. The molecule has 2 amide bonds. The van der Waals surface area contributed by atoms with Crippen LogP contribution in [-0.2, 0) is 0 Å². The number of H-pyrrole nitrogens is 1. The average Bonchev–Trinajstić information content (AvgIpc) is 2.88. The van der Waals surface area contributed by atoms with E-state index >= 15 is 0 Å². The van der Waals surface area contributed by atoms with Gasteiger partial charge in [-0.3, -0.25) is 5.32 Å². The maximum atomic E-state index is 11.3. The third kappa shape index (κ3) is 3.20. The van der Waals surface area contributed by atoms with Crippen molar-refractivity contribution in [3.05, 3.63) is 46.9 Å². The predicted molar refractivity (Wildman–Crippen MR) is 88.4 cm³/mol. The summed E-state index contributed by atoms with van der Waals surface area (Å²) in [7, 11) is 1.54. The first kappa shape index (κ1) is 14.4. The SMILES string of the molecule is CNC(=O)Nc1nc2ccc(Oc3cccc(Br)c3)cc2[nH]1. The van der Waals surface area contributed by atoms with Crippen LogP contribution in [0.2, 0.25) is 0 Å². The normalized spacial score (nSPS) is 10.5. The van der Waals surface area contributed by atoms with Crippen molar-refractivity contribution in [1.82, 2.24) is 15.3 Å². The molecule has 1 aromatic heterocycles. The molecule has 0 fully saturated rings. The number of fused-ring (bicyclic) bond motifs is 1. The highest BCUT2D eigenvalue weighted by molar-refractivity contribution is 9.10. The van der Waals surface area contributed by atoms with E-state index < -0.39 is 0 Å². The molecule has 0 atom stereocenters. The summed E-state index contributed by atoms with van der Waals surface area (Å²) < 4.78 is 6.75. The lowest BCUT2D eigenvalue weighted by Crippen LogP contribution is -2.24. The fourth-order valence-corrected chi connectivity index (χ4v) is 2.33. The second-order valence-corrected chi connectivity index (χ2v) is 5.44. The lowest BCUT2D eigenvalue weighted by molar-refractivity contribution is 0.254. The summed E-state index contributed by atoms with van der Waals surface area (Å²) in [6, 6.07) is 12.8. The number of amides is 2. The molecule has 3 aromatic rings. The van der Waals surface area contributed by atoms with Gasteiger partial charge in [0.2, 0.25) is 5.95 Å². The van der Waals surface area contributed by atoms with Crippen molar-refractivity contribution >= 4 is 38.9 Å². The van der Waals surface area contributed by atoms with Gasteiger partial charge in [0, 0.05) is 17.6 Å². The molecule has 0 spiro atoms. The van der Waals surface area contributed by atoms with Crippen LogP contribution in [0, 0.1) is 0 Å². The van der Waals surface area contributed by atoms with Gasteiger partial charge in [-0.2, -0.15) is 0 Å². The zero-order valence-electron chi connectivity index (χ0n) is 11.7. The molecule has 0 unspecified atom stereocenters. The Morgan fingerprint density at radius 3 is 2.82 bits per heavy atom. The van der Waals surface area contributed by atoms with Crippen molar-refractivity contribution < 1.29 is 9.53 Å². The molecule has 0 aliphatic rings. The maximum Gasteiger partial charge on any atom is 0.321 e. The minimum absolute atomic E-state index is 0.329. The van der Waals surface area contributed by atoms with Gasteiger partial charge in [-0.15, -0.1) is 0 Å². The summed E-state index contributed by atoms with van der Waals surface area (Å²) in [5.41, 5.74) is 1.52. The van der Waals surface area contributed by atoms with Gasteiger partial charge >= 0.3 is 6.03 Å². The monoisotopic (exact) mass is 360 g/mol. The number of hydrogen-bond acceptors (Lipinski definition) is 3. The fraction of sp³-hybridized carbons (Fsp3) is 0.0667. The number of carbonyl (C=O) groups is 1. The molecule has 2 aromatic carbocycles. The Morgan fingerprint density at radius 1 is 1.23 bits per heavy atom. The Hall–Kier alpha value is -2.54. The highest BCUT2D eigenvalue weighted by Crippen LogP contribution is 2.27. The van der Waals surface area contributed by atoms with Crippen LogP contribution >= 0.6 is 15.9 Å². The number of rotatable bonds is 3. The van der Waals surface area contributed by atoms with Crippen molar-refractivity contribution in [2.45, 2.75) is 0 Å². The molecule has 7 heteroatoms. The van der Waals surface area contributed by atoms with Crippen LogP contribution in [-0.4, -0.2) is 23.0 Å². The lowest BCUT2D eigenvalue weighted by atomic mass is 10.3. The molecule has 3 rings (SSSR count). The fourth-order valence-electron chi connectivity index (χ4n) is 1.95. The minimum atomic E-state index is -0.329. The number of nitrogens with one attached hydrogen (secondary N) is 3. The molecule has 0 radical (unpaired) electrons. The van der Waals surface area contributed by atoms with Crippen LogP contribution in [0.25, 0.3) is 11.0 Å². The number of halogens is 1. The van der Waals surface area contributed by atoms with Gasteiger partial charge in [0.15, 0.2) is 0 Å². The van der Waals surface area contributed by atoms with Crippen molar-refractivity contribution in [3.63, 3.8) is 0 Å². The number of aromatic amines is 1. The predicted octanol–water partition coefficient (Wildman–Crippen LogP) is 3.87. The highest BCUT2D eigenvalue weighted by Gasteiger charge is 2.07. The Morgan fingerprint density at radius 2 is 2.05 bits per heavy atom. The van der Waals surface area contributed by atoms with E-state index in [1.807, 2.05) is 42.5 Å². The Kier molecular flexibility index (Phi) is 3.97. The van der Waals surface area contributed by atoms with Gasteiger partial charge in [0.05, 0.1) is 11.0 Å². The van der Waals surface area contributed by atoms with Gasteiger partial charge in [0.25, 0.3) is 0 Å². The number of benzene rings is 2. The van der Waals surface area contributed by atoms with E-state index in [0.29, 0.717) is 11.7 Å². The molecule has 0 aliphatic heterocycles. The second-order valence-electron chi connectivity index (χ2n) is 4.53. The van der Waals surface area contributed by atoms with Crippen molar-refractivity contribution in [2.24, 2.45) is 0 Å². The summed E-state index contributed by atoms with van der Waals surface area (Å²) in [5, 5.41) is 5.06. The van der Waals surface area contributed by atoms with Crippen LogP contribution < -0.4 is 15.4 Å². The smallest absolute Gasteiger partial charge is 0.321 e. The van der Waals surface area contributed by atoms with Crippen LogP contribution in [0.3, 0.4) is 0 Å². The number of aromatic nitrogens is 2. The van der Waals surface area contributed by atoms with Gasteiger partial charge < -0.3 is 15.0 Å². The summed E-state index contributed by atoms with van der Waals surface area (Å²) in [4.78, 5) is 18.6. The first-order valence-corrected chi connectivity index (χ1v) is 7.35. The first-order valence-electron chi connectivity index (χ1n) is 6.56. The molecule has 3 N–H and O–H groups in total. The van der Waals surface area contributed by atoms with E-state index in [1.165, 1.54) is 0 Å². The Labute approximate surface area is 135 Å². The Balaban J connectivity index is 1.84. The van der Waals surface area contributed by atoms with Gasteiger partial charge in [-0.25, -0.2) is 9.78 Å². The quantitative estimate of drug-likeness (QED) is 0.663. The summed E-state index contributed by atoms with van der Waals surface area (Å²) >= 11 is 3.41. The minimum Gasteiger partial charge on any atom is -0.457 e. The van der Waals surface area contributed by atoms with Crippen LogP contribution in [0.5, 0.6) is 11.5 Å². The molecule has 0 bridgehead atoms. The third-order valence-corrected chi connectivity index (χ3v) is 3.44. The molecule has 112 valence electrons. The van der Waals surface area contributed by atoms with Gasteiger partial charge in [-0.1, -0.05) is 22.0 Å². The molecule has 6 nitrogen and oxygen atoms in total. The van der Waals surface area contributed by atoms with Gasteiger partial charge in [-0.05, 0) is 30.3 Å². The highest BCUT2D eigenvalue weighted by atomic mass is 79.9. The number of anilines is 1. The maximum absolute atomic E-state index is 11.3. The van der Waals surface area contributed by atoms with Crippen LogP contribution in [0.4, 0.5) is 10.7 Å². The van der Waals surface area contributed by atoms with Crippen molar-refractivity contribution in [3.8, 4) is 11.5 Å². The number of carbonyl (C=O) groups excluding carboxylic acids is 1. The van der Waals surface area contributed by atoms with E-state index in [4.69, 9.17) is 4.74 Å². The number of urea groups is 1. The van der Waals surface area contributed by atoms with Gasteiger partial charge in [0.1, 0.15) is 11.5 Å². The van der Waals surface area contributed by atoms with Crippen molar-refractivity contribution in [1.29, 1.82) is 0 Å². The molecule has 0 saturated heterocycles. The topological polar surface area (TPSA) is 79.0 Å². The second kappa shape index (κ2) is 6.07. The van der Waals surface area contributed by atoms with Crippen LogP contribution in [0.15, 0.2) is 46.9 Å². The average molecular weight is 361 g/mol. The number of nitrogens with zero attached hydrogens (tertiary/aromatic N) is 1. The van der Waals surface area contributed by atoms with E-state index in [0.717, 1.165) is 21.3 Å². The summed E-state index contributed by atoms with van der Waals surface area (Å²) in [6.07, 6.45) is 0. The molecular formula is C15H13BrN4O2. The number of imidazole rings is 1. The molecule has 22 heavy (non-hydrogen) atoms. The largest absolute Gasteiger partial charge is 0.457 e. The van der Waals surface area contributed by atoms with Crippen LogP contribution in [0.1, 0.15) is 0 Å². The van der Waals surface area contributed by atoms with E-state index in [1.54, 1.807) is 7.05 Å². The zero-order chi connectivity index (χ0) is 15.5. The zero-order valence-corrected chi connectivity index (χ0v) is 13.3. The molecule has 1 heterocycles. The number of hydrogen-bond donors (Lipinski definition) is 3. The van der Waals surface area contributed by atoms with E-state index in [-0.39, 0.29) is 6.03 Å². The standard InChI is InChI=1S/C15H13BrN4O2/c1-17-15(21)20-14-18-12-6-5-11(8-13(12)19-14)22-10-4-2-3-9(16)7-10/h2-8H,1H3,(H3,17,18,19,20,21). The lowest BCUT2D eigenvalue weighted by Gasteiger charge is -2.05. The molecular weight excluding hydrogens is 348 g/mol. The summed E-state index contributed by atoms with van der Waals surface area (Å²) in [6.45, 7) is 0. The summed E-state index contributed by atoms with van der Waals surface area (Å²) in [5.74, 6) is 1.80. The third-order valence-electron chi connectivity index (χ3n) is 2.94. The first-order chi connectivity index (χ1) is 10.6. The van der Waals surface area contributed by atoms with E-state index in [9.17, 15) is 4.79 Å². The Bertz CT molecular complexity index is 831. The molecule has 0 saturated carbocycles. The van der Waals surface area contributed by atoms with Crippen molar-refractivity contribution in [2.75, 3.05) is 12.4 Å².